The maximum absolute atomic E-state index is 12.3. The van der Waals surface area contributed by atoms with Crippen LogP contribution in [0.3, 0.4) is 0 Å². The van der Waals surface area contributed by atoms with E-state index in [1.165, 1.54) is 18.2 Å². The first-order valence-corrected chi connectivity index (χ1v) is 8.03. The number of amides is 1. The average Bonchev–Trinajstić information content (AvgIpc) is 3.04. The summed E-state index contributed by atoms with van der Waals surface area (Å²) < 4.78 is 5.52. The van der Waals surface area contributed by atoms with Crippen molar-refractivity contribution in [3.05, 3.63) is 69.9 Å². The molecule has 8 heteroatoms. The Morgan fingerprint density at radius 1 is 1.00 bits per heavy atom. The second kappa shape index (κ2) is 7.11. The van der Waals surface area contributed by atoms with Crippen LogP contribution in [0.15, 0.2) is 52.9 Å². The molecule has 2 aromatic carbocycles. The highest BCUT2D eigenvalue weighted by molar-refractivity contribution is 6.36. The largest absolute Gasteiger partial charge is 0.507 e. The van der Waals surface area contributed by atoms with E-state index in [1.807, 2.05) is 0 Å². The molecule has 26 heavy (non-hydrogen) atoms. The molecule has 3 aromatic rings. The minimum Gasteiger partial charge on any atom is -0.507 e. The molecule has 1 amide bonds. The molecule has 0 aliphatic rings. The van der Waals surface area contributed by atoms with Crippen molar-refractivity contribution < 1.29 is 24.2 Å². The molecule has 0 radical (unpaired) electrons. The maximum Gasteiger partial charge on any atom is 0.339 e. The second-order valence-electron chi connectivity index (χ2n) is 5.28. The summed E-state index contributed by atoms with van der Waals surface area (Å²) >= 11 is 12.0. The van der Waals surface area contributed by atoms with Gasteiger partial charge in [-0.2, -0.15) is 0 Å². The molecule has 0 unspecified atom stereocenters. The molecular weight excluding hydrogens is 381 g/mol. The van der Waals surface area contributed by atoms with Gasteiger partial charge >= 0.3 is 5.97 Å². The van der Waals surface area contributed by atoms with E-state index in [9.17, 15) is 14.7 Å². The lowest BCUT2D eigenvalue weighted by Crippen LogP contribution is -2.11. The van der Waals surface area contributed by atoms with Crippen LogP contribution < -0.4 is 5.32 Å². The number of anilines is 1. The topological polar surface area (TPSA) is 99.8 Å². The SMILES string of the molecule is O=C(Nc1ccc(C(=O)O)c(O)c1)c1ccc(-c2ccc(Cl)cc2Cl)o1. The van der Waals surface area contributed by atoms with Crippen molar-refractivity contribution in [2.75, 3.05) is 5.32 Å². The minimum absolute atomic E-state index is 0.0211. The zero-order valence-corrected chi connectivity index (χ0v) is 14.5. The molecule has 1 heterocycles. The van der Waals surface area contributed by atoms with Gasteiger partial charge in [0.2, 0.25) is 0 Å². The molecule has 0 saturated carbocycles. The summed E-state index contributed by atoms with van der Waals surface area (Å²) in [6, 6.07) is 11.6. The first kappa shape index (κ1) is 17.8. The summed E-state index contributed by atoms with van der Waals surface area (Å²) in [5.41, 5.74) is 0.541. The van der Waals surface area contributed by atoms with Crippen molar-refractivity contribution in [1.82, 2.24) is 0 Å². The third-order valence-electron chi connectivity index (χ3n) is 3.51. The number of halogens is 2. The molecule has 0 atom stereocenters. The molecule has 0 bridgehead atoms. The highest BCUT2D eigenvalue weighted by atomic mass is 35.5. The van der Waals surface area contributed by atoms with E-state index >= 15 is 0 Å². The number of furan rings is 1. The smallest absolute Gasteiger partial charge is 0.339 e. The fourth-order valence-electron chi connectivity index (χ4n) is 2.28. The molecule has 6 nitrogen and oxygen atoms in total. The first-order chi connectivity index (χ1) is 12.3. The van der Waals surface area contributed by atoms with Gasteiger partial charge in [-0.15, -0.1) is 0 Å². The molecular formula is C18H11Cl2NO5. The van der Waals surface area contributed by atoms with Crippen molar-refractivity contribution in [3.63, 3.8) is 0 Å². The van der Waals surface area contributed by atoms with E-state index in [-0.39, 0.29) is 17.0 Å². The third kappa shape index (κ3) is 3.66. The monoisotopic (exact) mass is 391 g/mol. The van der Waals surface area contributed by atoms with E-state index in [0.29, 0.717) is 21.4 Å². The summed E-state index contributed by atoms with van der Waals surface area (Å²) in [5, 5.41) is 21.9. The first-order valence-electron chi connectivity index (χ1n) is 7.28. The zero-order valence-electron chi connectivity index (χ0n) is 13.0. The lowest BCUT2D eigenvalue weighted by Gasteiger charge is -2.06. The van der Waals surface area contributed by atoms with Gasteiger partial charge in [0, 0.05) is 22.3 Å². The van der Waals surface area contributed by atoms with Crippen LogP contribution in [0.1, 0.15) is 20.9 Å². The van der Waals surface area contributed by atoms with Gasteiger partial charge in [-0.3, -0.25) is 4.79 Å². The van der Waals surface area contributed by atoms with E-state index in [4.69, 9.17) is 32.7 Å². The Hall–Kier alpha value is -2.96. The fraction of sp³-hybridized carbons (Fsp3) is 0. The lowest BCUT2D eigenvalue weighted by atomic mass is 10.2. The van der Waals surface area contributed by atoms with Crippen LogP contribution in [0, 0.1) is 0 Å². The number of carbonyl (C=O) groups excluding carboxylic acids is 1. The van der Waals surface area contributed by atoms with Gasteiger partial charge in [0.05, 0.1) is 5.02 Å². The molecule has 3 N–H and O–H groups in total. The van der Waals surface area contributed by atoms with Gasteiger partial charge in [-0.1, -0.05) is 23.2 Å². The number of carboxylic acid groups (broad SMARTS) is 1. The zero-order chi connectivity index (χ0) is 18.8. The summed E-state index contributed by atoms with van der Waals surface area (Å²) in [4.78, 5) is 23.2. The summed E-state index contributed by atoms with van der Waals surface area (Å²) in [5.74, 6) is -1.88. The standard InChI is InChI=1S/C18H11Cl2NO5/c19-9-1-3-11(13(20)7-9)15-5-6-16(26-15)17(23)21-10-2-4-12(18(24)25)14(22)8-10/h1-8,22H,(H,21,23)(H,24,25). The Kier molecular flexibility index (Phi) is 4.88. The molecule has 3 rings (SSSR count). The van der Waals surface area contributed by atoms with Crippen molar-refractivity contribution in [2.24, 2.45) is 0 Å². The van der Waals surface area contributed by atoms with Crippen LogP contribution in [0.2, 0.25) is 10.0 Å². The summed E-state index contributed by atoms with van der Waals surface area (Å²) in [6.07, 6.45) is 0. The molecule has 0 fully saturated rings. The van der Waals surface area contributed by atoms with Crippen LogP contribution >= 0.6 is 23.2 Å². The van der Waals surface area contributed by atoms with Crippen LogP contribution in [0.4, 0.5) is 5.69 Å². The highest BCUT2D eigenvalue weighted by Crippen LogP contribution is 2.32. The quantitative estimate of drug-likeness (QED) is 0.586. The van der Waals surface area contributed by atoms with Gasteiger partial charge in [-0.05, 0) is 42.5 Å². The Morgan fingerprint density at radius 2 is 1.77 bits per heavy atom. The van der Waals surface area contributed by atoms with Crippen LogP contribution in [-0.4, -0.2) is 22.1 Å². The second-order valence-corrected chi connectivity index (χ2v) is 6.12. The maximum atomic E-state index is 12.3. The average molecular weight is 392 g/mol. The van der Waals surface area contributed by atoms with E-state index in [0.717, 1.165) is 6.07 Å². The Morgan fingerprint density at radius 3 is 2.42 bits per heavy atom. The number of aromatic carboxylic acids is 1. The molecule has 0 spiro atoms. The van der Waals surface area contributed by atoms with Crippen molar-refractivity contribution in [1.29, 1.82) is 0 Å². The predicted molar refractivity (Wildman–Crippen MR) is 97.2 cm³/mol. The molecule has 1 aromatic heterocycles. The number of carbonyl (C=O) groups is 2. The van der Waals surface area contributed by atoms with Crippen molar-refractivity contribution >= 4 is 40.8 Å². The number of hydrogen-bond donors (Lipinski definition) is 3. The summed E-state index contributed by atoms with van der Waals surface area (Å²) in [6.45, 7) is 0. The van der Waals surface area contributed by atoms with E-state index < -0.39 is 17.6 Å². The van der Waals surface area contributed by atoms with Crippen LogP contribution in [-0.2, 0) is 0 Å². The number of hydrogen-bond acceptors (Lipinski definition) is 4. The Labute approximate surface area is 157 Å². The van der Waals surface area contributed by atoms with Crippen molar-refractivity contribution in [2.45, 2.75) is 0 Å². The minimum atomic E-state index is -1.27. The number of benzene rings is 2. The van der Waals surface area contributed by atoms with Gasteiger partial charge in [-0.25, -0.2) is 4.79 Å². The number of rotatable bonds is 4. The Balaban J connectivity index is 1.80. The lowest BCUT2D eigenvalue weighted by molar-refractivity contribution is 0.0693. The van der Waals surface area contributed by atoms with Crippen molar-refractivity contribution in [3.8, 4) is 17.1 Å². The predicted octanol–water partition coefficient (Wildman–Crippen LogP) is 4.91. The normalized spacial score (nSPS) is 10.5. The van der Waals surface area contributed by atoms with Gasteiger partial charge in [0.25, 0.3) is 5.91 Å². The third-order valence-corrected chi connectivity index (χ3v) is 4.06. The van der Waals surface area contributed by atoms with Gasteiger partial charge < -0.3 is 19.9 Å². The Bertz CT molecular complexity index is 1010. The molecule has 0 saturated heterocycles. The van der Waals surface area contributed by atoms with Crippen LogP contribution in [0.5, 0.6) is 5.75 Å². The number of nitrogens with one attached hydrogen (secondary N) is 1. The fourth-order valence-corrected chi connectivity index (χ4v) is 2.78. The van der Waals surface area contributed by atoms with Gasteiger partial charge in [0.1, 0.15) is 17.1 Å². The molecule has 0 aliphatic heterocycles. The number of carboxylic acids is 1. The van der Waals surface area contributed by atoms with E-state index in [2.05, 4.69) is 5.32 Å². The highest BCUT2D eigenvalue weighted by Gasteiger charge is 2.16. The molecule has 0 aliphatic carbocycles. The van der Waals surface area contributed by atoms with Crippen LogP contribution in [0.25, 0.3) is 11.3 Å². The van der Waals surface area contributed by atoms with Gasteiger partial charge in [0.15, 0.2) is 5.76 Å². The summed E-state index contributed by atoms with van der Waals surface area (Å²) in [7, 11) is 0. The van der Waals surface area contributed by atoms with E-state index in [1.54, 1.807) is 24.3 Å². The molecule has 132 valence electrons. The number of phenols is 1. The number of aromatic hydroxyl groups is 1.